The molecule has 140 valence electrons. The van der Waals surface area contributed by atoms with Crippen molar-refractivity contribution in [3.8, 4) is 0 Å². The first-order valence-electron chi connectivity index (χ1n) is 8.17. The summed E-state index contributed by atoms with van der Waals surface area (Å²) >= 11 is 0. The van der Waals surface area contributed by atoms with Crippen molar-refractivity contribution < 1.29 is 8.42 Å². The average Bonchev–Trinajstić information content (AvgIpc) is 2.68. The predicted molar refractivity (Wildman–Crippen MR) is 106 cm³/mol. The Kier molecular flexibility index (Phi) is 4.75. The fourth-order valence-corrected chi connectivity index (χ4v) is 4.36. The van der Waals surface area contributed by atoms with Crippen LogP contribution in [0.1, 0.15) is 0 Å². The van der Waals surface area contributed by atoms with Crippen molar-refractivity contribution >= 4 is 26.7 Å². The number of nitrogens with zero attached hydrogens (tertiary/aromatic N) is 3. The maximum atomic E-state index is 13.2. The summed E-state index contributed by atoms with van der Waals surface area (Å²) in [6.07, 6.45) is 1.51. The molecule has 0 aliphatic carbocycles. The first kappa shape index (κ1) is 18.7. The van der Waals surface area contributed by atoms with Crippen LogP contribution in [0.3, 0.4) is 0 Å². The van der Waals surface area contributed by atoms with Gasteiger partial charge < -0.3 is 9.13 Å². The molecule has 0 saturated carbocycles. The van der Waals surface area contributed by atoms with Gasteiger partial charge in [-0.1, -0.05) is 24.3 Å². The first-order valence-corrected chi connectivity index (χ1v) is 9.61. The highest BCUT2D eigenvalue weighted by Gasteiger charge is 2.25. The molecule has 0 bridgehead atoms. The molecule has 1 heterocycles. The lowest BCUT2D eigenvalue weighted by molar-refractivity contribution is 0.593. The number of hydrogen-bond acceptors (Lipinski definition) is 4. The number of aromatic nitrogens is 2. The minimum atomic E-state index is -3.90. The van der Waals surface area contributed by atoms with Gasteiger partial charge in [0.05, 0.1) is 28.2 Å². The van der Waals surface area contributed by atoms with E-state index in [-0.39, 0.29) is 11.4 Å². The van der Waals surface area contributed by atoms with Crippen LogP contribution in [0.5, 0.6) is 0 Å². The van der Waals surface area contributed by atoms with Crippen molar-refractivity contribution in [1.29, 1.82) is 0 Å². The van der Waals surface area contributed by atoms with Crippen molar-refractivity contribution in [3.05, 3.63) is 81.9 Å². The molecule has 0 aliphatic heterocycles. The molecule has 0 radical (unpaired) electrons. The highest BCUT2D eigenvalue weighted by Crippen LogP contribution is 2.25. The van der Waals surface area contributed by atoms with Crippen molar-refractivity contribution in [3.63, 3.8) is 0 Å². The largest absolute Gasteiger partial charge is 0.316 e. The number of fused-ring (bicyclic) bond motifs is 1. The van der Waals surface area contributed by atoms with E-state index < -0.39 is 21.1 Å². The van der Waals surface area contributed by atoms with Crippen LogP contribution in [0.15, 0.2) is 75.7 Å². The Labute approximate surface area is 156 Å². The molecule has 0 N–H and O–H groups in total. The van der Waals surface area contributed by atoms with Gasteiger partial charge in [-0.2, -0.15) is 0 Å². The van der Waals surface area contributed by atoms with Crippen LogP contribution in [0.4, 0.5) is 5.69 Å². The highest BCUT2D eigenvalue weighted by molar-refractivity contribution is 7.92. The molecule has 0 unspecified atom stereocenters. The van der Waals surface area contributed by atoms with Crippen LogP contribution in [0, 0.1) is 0 Å². The van der Waals surface area contributed by atoms with E-state index in [9.17, 15) is 18.0 Å². The number of hydrogen-bond donors (Lipinski definition) is 0. The summed E-state index contributed by atoms with van der Waals surface area (Å²) in [7, 11) is -0.975. The maximum Gasteiger partial charge on any atom is 0.316 e. The minimum Gasteiger partial charge on any atom is -0.305 e. The lowest BCUT2D eigenvalue weighted by Gasteiger charge is -2.23. The van der Waals surface area contributed by atoms with Crippen molar-refractivity contribution in [2.75, 3.05) is 10.8 Å². The number of anilines is 1. The smallest absolute Gasteiger partial charge is 0.305 e. The van der Waals surface area contributed by atoms with Crippen molar-refractivity contribution in [1.82, 2.24) is 9.13 Å². The normalized spacial score (nSPS) is 11.5. The highest BCUT2D eigenvalue weighted by atomic mass is 32.2. The topological polar surface area (TPSA) is 81.4 Å². The van der Waals surface area contributed by atoms with E-state index in [1.807, 2.05) is 0 Å². The second-order valence-electron chi connectivity index (χ2n) is 6.04. The van der Waals surface area contributed by atoms with Crippen molar-refractivity contribution in [2.45, 2.75) is 4.90 Å². The number of sulfonamides is 1. The fraction of sp³-hybridized carbons (Fsp3) is 0.158. The second-order valence-corrected chi connectivity index (χ2v) is 7.90. The predicted octanol–water partition coefficient (Wildman–Crippen LogP) is 1.62. The molecule has 8 heteroatoms. The molecule has 3 rings (SSSR count). The molecule has 2 aromatic carbocycles. The molecule has 0 spiro atoms. The molecule has 0 fully saturated rings. The van der Waals surface area contributed by atoms with Gasteiger partial charge in [-0.15, -0.1) is 6.58 Å². The molecule has 0 aliphatic rings. The molecule has 27 heavy (non-hydrogen) atoms. The molecule has 1 aromatic heterocycles. The van der Waals surface area contributed by atoms with Gasteiger partial charge in [0.2, 0.25) is 0 Å². The van der Waals surface area contributed by atoms with Gasteiger partial charge in [0, 0.05) is 14.1 Å². The Hall–Kier alpha value is -3.13. The summed E-state index contributed by atoms with van der Waals surface area (Å²) < 4.78 is 30.1. The Morgan fingerprint density at radius 3 is 2.15 bits per heavy atom. The van der Waals surface area contributed by atoms with E-state index in [0.717, 1.165) is 4.57 Å². The standard InChI is InChI=1S/C19H19N3O4S/c1-4-12-22(14-8-6-5-7-9-14)27(25,26)15-10-11-16-17(13-15)21(3)19(24)18(23)20(16)2/h4-11,13H,1,12H2,2-3H3. The summed E-state index contributed by atoms with van der Waals surface area (Å²) in [5, 5.41) is 0. The quantitative estimate of drug-likeness (QED) is 0.494. The molecule has 7 nitrogen and oxygen atoms in total. The van der Waals surface area contributed by atoms with Gasteiger partial charge in [-0.3, -0.25) is 13.9 Å². The summed E-state index contributed by atoms with van der Waals surface area (Å²) in [6.45, 7) is 3.73. The molecular formula is C19H19N3O4S. The SMILES string of the molecule is C=CCN(c1ccccc1)S(=O)(=O)c1ccc2c(c1)n(C)c(=O)c(=O)n2C. The second kappa shape index (κ2) is 6.88. The molecule has 0 amide bonds. The van der Waals surface area contributed by atoms with E-state index in [4.69, 9.17) is 0 Å². The Morgan fingerprint density at radius 1 is 0.963 bits per heavy atom. The van der Waals surface area contributed by atoms with E-state index in [1.54, 1.807) is 30.3 Å². The zero-order chi connectivity index (χ0) is 19.8. The zero-order valence-corrected chi connectivity index (χ0v) is 15.8. The van der Waals surface area contributed by atoms with Gasteiger partial charge in [-0.25, -0.2) is 8.42 Å². The van der Waals surface area contributed by atoms with E-state index in [0.29, 0.717) is 16.7 Å². The molecule has 0 atom stereocenters. The van der Waals surface area contributed by atoms with Crippen LogP contribution in [-0.4, -0.2) is 24.1 Å². The number of aryl methyl sites for hydroxylation is 2. The summed E-state index contributed by atoms with van der Waals surface area (Å²) in [5.41, 5.74) is -0.0543. The van der Waals surface area contributed by atoms with E-state index in [2.05, 4.69) is 6.58 Å². The lowest BCUT2D eigenvalue weighted by atomic mass is 10.3. The third-order valence-electron chi connectivity index (χ3n) is 4.39. The summed E-state index contributed by atoms with van der Waals surface area (Å²) in [4.78, 5) is 24.1. The van der Waals surface area contributed by atoms with Gasteiger partial charge in [0.1, 0.15) is 0 Å². The van der Waals surface area contributed by atoms with Crippen LogP contribution < -0.4 is 15.4 Å². The molecular weight excluding hydrogens is 366 g/mol. The zero-order valence-electron chi connectivity index (χ0n) is 15.0. The fourth-order valence-electron chi connectivity index (χ4n) is 2.90. The van der Waals surface area contributed by atoms with Gasteiger partial charge in [0.15, 0.2) is 0 Å². The Morgan fingerprint density at radius 2 is 1.56 bits per heavy atom. The van der Waals surface area contributed by atoms with Gasteiger partial charge >= 0.3 is 11.1 Å². The van der Waals surface area contributed by atoms with Crippen LogP contribution in [0.25, 0.3) is 11.0 Å². The van der Waals surface area contributed by atoms with E-state index in [1.165, 1.54) is 47.2 Å². The Balaban J connectivity index is 2.25. The van der Waals surface area contributed by atoms with Crippen LogP contribution >= 0.6 is 0 Å². The first-order chi connectivity index (χ1) is 12.8. The molecule has 0 saturated heterocycles. The minimum absolute atomic E-state index is 0.0225. The number of benzene rings is 2. The maximum absolute atomic E-state index is 13.2. The van der Waals surface area contributed by atoms with E-state index >= 15 is 0 Å². The third kappa shape index (κ3) is 3.08. The van der Waals surface area contributed by atoms with Crippen LogP contribution in [0.2, 0.25) is 0 Å². The lowest BCUT2D eigenvalue weighted by Crippen LogP contribution is -2.39. The third-order valence-corrected chi connectivity index (χ3v) is 6.18. The van der Waals surface area contributed by atoms with Crippen LogP contribution in [-0.2, 0) is 24.1 Å². The monoisotopic (exact) mass is 385 g/mol. The summed E-state index contributed by atoms with van der Waals surface area (Å²) in [5.74, 6) is 0. The van der Waals surface area contributed by atoms with Crippen molar-refractivity contribution in [2.24, 2.45) is 14.1 Å². The summed E-state index contributed by atoms with van der Waals surface area (Å²) in [6, 6.07) is 13.1. The Bertz CT molecular complexity index is 1240. The van der Waals surface area contributed by atoms with Gasteiger partial charge in [-0.05, 0) is 30.3 Å². The number of rotatable bonds is 5. The number of para-hydroxylation sites is 1. The van der Waals surface area contributed by atoms with Gasteiger partial charge in [0.25, 0.3) is 10.0 Å². The average molecular weight is 385 g/mol. The molecule has 3 aromatic rings.